The Morgan fingerprint density at radius 2 is 1.93 bits per heavy atom. The summed E-state index contributed by atoms with van der Waals surface area (Å²) in [5.41, 5.74) is 1.79. The van der Waals surface area contributed by atoms with Crippen molar-refractivity contribution in [3.63, 3.8) is 0 Å². The van der Waals surface area contributed by atoms with Crippen LogP contribution >= 0.6 is 0 Å². The molecule has 1 atom stereocenters. The minimum absolute atomic E-state index is 0.000343. The number of benzene rings is 2. The molecule has 0 bridgehead atoms. The van der Waals surface area contributed by atoms with Crippen molar-refractivity contribution in [3.8, 4) is 11.5 Å². The number of hydrogen-bond acceptors (Lipinski definition) is 4. The molecule has 0 spiro atoms. The number of phenolic OH excluding ortho intramolecular Hbond substituents is 1. The van der Waals surface area contributed by atoms with Crippen molar-refractivity contribution in [2.45, 2.75) is 25.9 Å². The average Bonchev–Trinajstić information content (AvgIpc) is 3.06. The van der Waals surface area contributed by atoms with Gasteiger partial charge in [0, 0.05) is 24.7 Å². The molecule has 2 saturated heterocycles. The van der Waals surface area contributed by atoms with Gasteiger partial charge >= 0.3 is 0 Å². The summed E-state index contributed by atoms with van der Waals surface area (Å²) in [6, 6.07) is 14.5. The molecule has 6 heteroatoms. The molecule has 0 saturated carbocycles. The fraction of sp³-hybridized carbons (Fsp3) is 0.364. The highest BCUT2D eigenvalue weighted by atomic mass is 16.5. The number of carbonyl (C=O) groups is 2. The lowest BCUT2D eigenvalue weighted by atomic mass is 10.0. The number of likely N-dealkylation sites (tertiary alicyclic amines) is 1. The second-order valence-corrected chi connectivity index (χ2v) is 7.37. The van der Waals surface area contributed by atoms with Gasteiger partial charge in [0.2, 0.25) is 11.8 Å². The molecule has 28 heavy (non-hydrogen) atoms. The largest absolute Gasteiger partial charge is 0.508 e. The van der Waals surface area contributed by atoms with Crippen molar-refractivity contribution < 1.29 is 19.4 Å². The molecule has 2 aromatic rings. The van der Waals surface area contributed by atoms with E-state index in [4.69, 9.17) is 4.74 Å². The van der Waals surface area contributed by atoms with Gasteiger partial charge in [-0.25, -0.2) is 0 Å². The van der Waals surface area contributed by atoms with Gasteiger partial charge in [0.05, 0.1) is 19.0 Å². The zero-order valence-corrected chi connectivity index (χ0v) is 15.9. The maximum atomic E-state index is 12.8. The summed E-state index contributed by atoms with van der Waals surface area (Å²) >= 11 is 0. The van der Waals surface area contributed by atoms with E-state index in [1.165, 1.54) is 0 Å². The molecule has 2 fully saturated rings. The van der Waals surface area contributed by atoms with Crippen LogP contribution in [0, 0.1) is 5.92 Å². The monoisotopic (exact) mass is 380 g/mol. The van der Waals surface area contributed by atoms with Gasteiger partial charge in [0.25, 0.3) is 0 Å². The fourth-order valence-corrected chi connectivity index (χ4v) is 3.82. The number of aryl methyl sites for hydroxylation is 1. The first-order chi connectivity index (χ1) is 13.5. The molecule has 0 radical (unpaired) electrons. The van der Waals surface area contributed by atoms with Crippen molar-refractivity contribution in [1.82, 2.24) is 4.90 Å². The Kier molecular flexibility index (Phi) is 4.94. The van der Waals surface area contributed by atoms with Crippen LogP contribution < -0.4 is 9.64 Å². The lowest BCUT2D eigenvalue weighted by Crippen LogP contribution is -2.57. The number of phenols is 1. The van der Waals surface area contributed by atoms with Crippen LogP contribution in [0.25, 0.3) is 0 Å². The Morgan fingerprint density at radius 1 is 1.14 bits per heavy atom. The molecule has 2 aliphatic rings. The number of amides is 2. The van der Waals surface area contributed by atoms with Crippen molar-refractivity contribution >= 4 is 17.5 Å². The lowest BCUT2D eigenvalue weighted by Gasteiger charge is -2.40. The minimum Gasteiger partial charge on any atom is -0.508 e. The van der Waals surface area contributed by atoms with E-state index in [0.717, 1.165) is 17.7 Å². The highest BCUT2D eigenvalue weighted by Gasteiger charge is 2.41. The topological polar surface area (TPSA) is 70.1 Å². The molecule has 0 aromatic heterocycles. The van der Waals surface area contributed by atoms with Gasteiger partial charge in [-0.15, -0.1) is 0 Å². The number of carbonyl (C=O) groups excluding carboxylic acids is 2. The highest BCUT2D eigenvalue weighted by molar-refractivity contribution is 6.00. The molecule has 1 unspecified atom stereocenters. The van der Waals surface area contributed by atoms with E-state index >= 15 is 0 Å². The van der Waals surface area contributed by atoms with E-state index in [9.17, 15) is 14.7 Å². The third-order valence-corrected chi connectivity index (χ3v) is 5.42. The summed E-state index contributed by atoms with van der Waals surface area (Å²) in [5, 5.41) is 9.63. The van der Waals surface area contributed by atoms with Crippen molar-refractivity contribution in [2.24, 2.45) is 5.92 Å². The molecular weight excluding hydrogens is 356 g/mol. The molecular formula is C22H24N2O4. The van der Waals surface area contributed by atoms with Gasteiger partial charge in [0.1, 0.15) is 17.6 Å². The number of anilines is 1. The van der Waals surface area contributed by atoms with Gasteiger partial charge in [-0.1, -0.05) is 31.2 Å². The molecule has 6 nitrogen and oxygen atoms in total. The van der Waals surface area contributed by atoms with Crippen LogP contribution in [0.2, 0.25) is 0 Å². The zero-order chi connectivity index (χ0) is 19.7. The fourth-order valence-electron chi connectivity index (χ4n) is 3.82. The van der Waals surface area contributed by atoms with Gasteiger partial charge in [-0.2, -0.15) is 0 Å². The van der Waals surface area contributed by atoms with Crippen LogP contribution in [0.4, 0.5) is 5.69 Å². The van der Waals surface area contributed by atoms with E-state index in [0.29, 0.717) is 25.3 Å². The third kappa shape index (κ3) is 3.54. The smallest absolute Gasteiger partial charge is 0.228 e. The molecule has 146 valence electrons. The summed E-state index contributed by atoms with van der Waals surface area (Å²) in [5.74, 6) is 0.552. The van der Waals surface area contributed by atoms with Crippen LogP contribution in [-0.2, 0) is 16.0 Å². The second kappa shape index (κ2) is 7.54. The predicted octanol–water partition coefficient (Wildman–Crippen LogP) is 2.60. The van der Waals surface area contributed by atoms with Crippen LogP contribution in [0.15, 0.2) is 48.5 Å². The first kappa shape index (κ1) is 18.3. The van der Waals surface area contributed by atoms with Gasteiger partial charge in [-0.3, -0.25) is 9.59 Å². The summed E-state index contributed by atoms with van der Waals surface area (Å²) in [4.78, 5) is 28.5. The number of aromatic hydroxyl groups is 1. The molecule has 4 rings (SSSR count). The van der Waals surface area contributed by atoms with E-state index in [2.05, 4.69) is 13.0 Å². The molecule has 0 aliphatic carbocycles. The first-order valence-electron chi connectivity index (χ1n) is 9.68. The molecule has 2 amide bonds. The van der Waals surface area contributed by atoms with Crippen LogP contribution in [0.3, 0.4) is 0 Å². The molecule has 2 heterocycles. The van der Waals surface area contributed by atoms with Crippen molar-refractivity contribution in [3.05, 3.63) is 54.1 Å². The van der Waals surface area contributed by atoms with Gasteiger partial charge in [0.15, 0.2) is 0 Å². The third-order valence-electron chi connectivity index (χ3n) is 5.42. The quantitative estimate of drug-likeness (QED) is 0.866. The lowest BCUT2D eigenvalue weighted by molar-refractivity contribution is -0.144. The second-order valence-electron chi connectivity index (χ2n) is 7.37. The van der Waals surface area contributed by atoms with E-state index < -0.39 is 0 Å². The van der Waals surface area contributed by atoms with Gasteiger partial charge in [-0.05, 0) is 30.2 Å². The predicted molar refractivity (Wildman–Crippen MR) is 105 cm³/mol. The summed E-state index contributed by atoms with van der Waals surface area (Å²) in [6.07, 6.45) is 1.10. The van der Waals surface area contributed by atoms with Crippen molar-refractivity contribution in [1.29, 1.82) is 0 Å². The minimum atomic E-state index is -0.348. The van der Waals surface area contributed by atoms with Crippen molar-refractivity contribution in [2.75, 3.05) is 24.5 Å². The number of hydrogen-bond donors (Lipinski definition) is 1. The Hall–Kier alpha value is -3.02. The Labute approximate surface area is 164 Å². The zero-order valence-electron chi connectivity index (χ0n) is 15.9. The number of ether oxygens (including phenoxy) is 1. The number of nitrogens with zero attached hydrogens (tertiary/aromatic N) is 2. The molecule has 2 aromatic carbocycles. The number of rotatable bonds is 5. The summed E-state index contributed by atoms with van der Waals surface area (Å²) in [7, 11) is 0. The first-order valence-corrected chi connectivity index (χ1v) is 9.68. The maximum Gasteiger partial charge on any atom is 0.228 e. The highest BCUT2D eigenvalue weighted by Crippen LogP contribution is 2.30. The molecule has 2 aliphatic heterocycles. The van der Waals surface area contributed by atoms with Crippen LogP contribution in [-0.4, -0.2) is 47.6 Å². The van der Waals surface area contributed by atoms with Gasteiger partial charge < -0.3 is 19.6 Å². The Bertz CT molecular complexity index is 892. The van der Waals surface area contributed by atoms with E-state index in [1.54, 1.807) is 34.1 Å². The molecule has 1 N–H and O–H groups in total. The maximum absolute atomic E-state index is 12.8. The SMILES string of the molecule is CCc1ccccc1OC1CN(C(=O)C2CC(=O)N(c3cccc(O)c3)C2)C1. The standard InChI is InChI=1S/C22H24N2O4/c1-2-15-6-3-4-9-20(15)28-19-13-23(14-19)22(27)16-10-21(26)24(12-16)17-7-5-8-18(25)11-17/h3-9,11,16,19,25H,2,10,12-14H2,1H3. The summed E-state index contributed by atoms with van der Waals surface area (Å²) < 4.78 is 6.04. The van der Waals surface area contributed by atoms with E-state index in [1.807, 2.05) is 18.2 Å². The van der Waals surface area contributed by atoms with E-state index in [-0.39, 0.29) is 36.0 Å². The van der Waals surface area contributed by atoms with Crippen LogP contribution in [0.1, 0.15) is 18.9 Å². The number of para-hydroxylation sites is 1. The van der Waals surface area contributed by atoms with Crippen LogP contribution in [0.5, 0.6) is 11.5 Å². The Balaban J connectivity index is 1.33. The Morgan fingerprint density at radius 3 is 2.68 bits per heavy atom. The summed E-state index contributed by atoms with van der Waals surface area (Å²) in [6.45, 7) is 3.54. The average molecular weight is 380 g/mol. The normalized spacial score (nSPS) is 19.6.